The average Bonchev–Trinajstić information content (AvgIpc) is 2.89. The van der Waals surface area contributed by atoms with E-state index in [-0.39, 0.29) is 11.7 Å². The van der Waals surface area contributed by atoms with Crippen molar-refractivity contribution in [2.75, 3.05) is 24.5 Å². The molecule has 0 aromatic heterocycles. The molecule has 2 aliphatic rings. The van der Waals surface area contributed by atoms with E-state index in [2.05, 4.69) is 5.32 Å². The van der Waals surface area contributed by atoms with Crippen molar-refractivity contribution in [3.8, 4) is 0 Å². The number of nitrogens with one attached hydrogen (secondary N) is 1. The summed E-state index contributed by atoms with van der Waals surface area (Å²) in [5.41, 5.74) is 0.403. The molecule has 0 bridgehead atoms. The number of hydrogen-bond acceptors (Lipinski definition) is 4. The highest BCUT2D eigenvalue weighted by Gasteiger charge is 2.39. The summed E-state index contributed by atoms with van der Waals surface area (Å²) in [4.78, 5) is 12.6. The van der Waals surface area contributed by atoms with Crippen molar-refractivity contribution in [2.24, 2.45) is 5.92 Å². The van der Waals surface area contributed by atoms with Crippen LogP contribution in [0.3, 0.4) is 0 Å². The van der Waals surface area contributed by atoms with Crippen LogP contribution in [0, 0.1) is 21.8 Å². The topological polar surface area (TPSA) is 58.4 Å². The molecule has 18 heavy (non-hydrogen) atoms. The molecule has 2 aliphatic heterocycles. The average molecular weight is 251 g/mol. The normalized spacial score (nSPS) is 26.4. The summed E-state index contributed by atoms with van der Waals surface area (Å²) in [6.45, 7) is 2.53. The van der Waals surface area contributed by atoms with Crippen LogP contribution in [-0.4, -0.2) is 30.6 Å². The first-order valence-electron chi connectivity index (χ1n) is 6.08. The van der Waals surface area contributed by atoms with Gasteiger partial charge < -0.3 is 10.2 Å². The van der Waals surface area contributed by atoms with Crippen LogP contribution in [0.5, 0.6) is 0 Å². The van der Waals surface area contributed by atoms with Gasteiger partial charge in [0.1, 0.15) is 11.5 Å². The molecule has 1 aromatic rings. The van der Waals surface area contributed by atoms with E-state index in [1.165, 1.54) is 12.1 Å². The number of nitro benzene ring substituents is 1. The lowest BCUT2D eigenvalue weighted by molar-refractivity contribution is -0.384. The summed E-state index contributed by atoms with van der Waals surface area (Å²) < 4.78 is 13.3. The fourth-order valence-corrected chi connectivity index (χ4v) is 3.03. The molecule has 0 spiro atoms. The first kappa shape index (κ1) is 11.4. The lowest BCUT2D eigenvalue weighted by atomic mass is 10.0. The fourth-order valence-electron chi connectivity index (χ4n) is 3.03. The Bertz CT molecular complexity index is 494. The highest BCUT2D eigenvalue weighted by Crippen LogP contribution is 2.37. The van der Waals surface area contributed by atoms with E-state index in [4.69, 9.17) is 0 Å². The smallest absolute Gasteiger partial charge is 0.292 e. The first-order valence-corrected chi connectivity index (χ1v) is 6.08. The summed E-state index contributed by atoms with van der Waals surface area (Å²) in [5, 5.41) is 14.3. The number of nitro groups is 1. The number of fused-ring (bicyclic) bond motifs is 1. The molecule has 3 rings (SSSR count). The maximum absolute atomic E-state index is 13.3. The molecule has 1 aromatic carbocycles. The minimum absolute atomic E-state index is 0.0102. The predicted molar refractivity (Wildman–Crippen MR) is 65.2 cm³/mol. The first-order chi connectivity index (χ1) is 8.66. The number of hydrogen-bond donors (Lipinski definition) is 1. The van der Waals surface area contributed by atoms with Crippen LogP contribution in [0.2, 0.25) is 0 Å². The summed E-state index contributed by atoms with van der Waals surface area (Å²) in [5.74, 6) is 0.0953. The van der Waals surface area contributed by atoms with E-state index in [9.17, 15) is 14.5 Å². The van der Waals surface area contributed by atoms with Crippen molar-refractivity contribution >= 4 is 11.4 Å². The Balaban J connectivity index is 2.00. The van der Waals surface area contributed by atoms with Gasteiger partial charge in [-0.05, 0) is 18.4 Å². The van der Waals surface area contributed by atoms with Gasteiger partial charge in [0.25, 0.3) is 5.69 Å². The zero-order valence-electron chi connectivity index (χ0n) is 9.80. The molecule has 5 nitrogen and oxygen atoms in total. The molecule has 0 amide bonds. The van der Waals surface area contributed by atoms with E-state index in [1.54, 1.807) is 0 Å². The van der Waals surface area contributed by atoms with Gasteiger partial charge in [-0.2, -0.15) is 0 Å². The lowest BCUT2D eigenvalue weighted by Crippen LogP contribution is -2.34. The second-order valence-corrected chi connectivity index (χ2v) is 4.86. The van der Waals surface area contributed by atoms with Gasteiger partial charge >= 0.3 is 0 Å². The van der Waals surface area contributed by atoms with E-state index >= 15 is 0 Å². The molecule has 0 aliphatic carbocycles. The maximum Gasteiger partial charge on any atom is 0.292 e. The van der Waals surface area contributed by atoms with Gasteiger partial charge in [-0.25, -0.2) is 4.39 Å². The molecule has 0 saturated carbocycles. The zero-order valence-corrected chi connectivity index (χ0v) is 9.80. The number of nitrogens with zero attached hydrogens (tertiary/aromatic N) is 2. The molecule has 1 N–H and O–H groups in total. The van der Waals surface area contributed by atoms with Gasteiger partial charge in [0.15, 0.2) is 0 Å². The minimum atomic E-state index is -0.440. The maximum atomic E-state index is 13.3. The van der Waals surface area contributed by atoms with Crippen LogP contribution < -0.4 is 10.2 Å². The largest absolute Gasteiger partial charge is 0.361 e. The molecule has 2 saturated heterocycles. The highest BCUT2D eigenvalue weighted by molar-refractivity contribution is 5.64. The fraction of sp³-hybridized carbons (Fsp3) is 0.500. The Morgan fingerprint density at radius 3 is 3.06 bits per heavy atom. The Morgan fingerprint density at radius 2 is 2.28 bits per heavy atom. The summed E-state index contributed by atoms with van der Waals surface area (Å²) in [6.07, 6.45) is 1.01. The Labute approximate surface area is 104 Å². The van der Waals surface area contributed by atoms with Crippen molar-refractivity contribution in [2.45, 2.75) is 12.5 Å². The Hall–Kier alpha value is -1.69. The van der Waals surface area contributed by atoms with Crippen LogP contribution >= 0.6 is 0 Å². The molecular formula is C12H14FN3O2. The molecule has 2 heterocycles. The van der Waals surface area contributed by atoms with Crippen LogP contribution in [-0.2, 0) is 0 Å². The second kappa shape index (κ2) is 4.20. The van der Waals surface area contributed by atoms with Crippen molar-refractivity contribution in [3.63, 3.8) is 0 Å². The molecule has 0 radical (unpaired) electrons. The number of rotatable bonds is 2. The van der Waals surface area contributed by atoms with E-state index < -0.39 is 10.7 Å². The van der Waals surface area contributed by atoms with E-state index in [0.717, 1.165) is 32.1 Å². The summed E-state index contributed by atoms with van der Waals surface area (Å²) in [7, 11) is 0. The third-order valence-electron chi connectivity index (χ3n) is 3.89. The standard InChI is InChI=1S/C12H14FN3O2/c13-9-1-2-10(16(17)18)11(5-9)15-4-3-8-6-14-7-12(8)15/h1-2,5,8,12,14H,3-4,6-7H2/t8-,12+/m0/s1. The minimum Gasteiger partial charge on any atom is -0.361 e. The zero-order chi connectivity index (χ0) is 12.7. The van der Waals surface area contributed by atoms with Gasteiger partial charge in [-0.1, -0.05) is 0 Å². The van der Waals surface area contributed by atoms with Crippen LogP contribution in [0.15, 0.2) is 18.2 Å². The van der Waals surface area contributed by atoms with Gasteiger partial charge in [0, 0.05) is 37.8 Å². The van der Waals surface area contributed by atoms with Gasteiger partial charge in [0.2, 0.25) is 0 Å². The summed E-state index contributed by atoms with van der Waals surface area (Å²) in [6, 6.07) is 3.92. The van der Waals surface area contributed by atoms with Gasteiger partial charge in [-0.15, -0.1) is 0 Å². The van der Waals surface area contributed by atoms with E-state index in [1.807, 2.05) is 4.90 Å². The van der Waals surface area contributed by atoms with Crippen molar-refractivity contribution < 1.29 is 9.31 Å². The molecule has 2 atom stereocenters. The van der Waals surface area contributed by atoms with Crippen LogP contribution in [0.1, 0.15) is 6.42 Å². The number of anilines is 1. The molecule has 96 valence electrons. The van der Waals surface area contributed by atoms with Crippen molar-refractivity contribution in [3.05, 3.63) is 34.1 Å². The SMILES string of the molecule is O=[N+]([O-])c1ccc(F)cc1N1CC[C@H]2CNC[C@H]21. The van der Waals surface area contributed by atoms with Crippen molar-refractivity contribution in [1.29, 1.82) is 0 Å². The highest BCUT2D eigenvalue weighted by atomic mass is 19.1. The quantitative estimate of drug-likeness (QED) is 0.639. The van der Waals surface area contributed by atoms with Crippen LogP contribution in [0.25, 0.3) is 0 Å². The molecule has 0 unspecified atom stereocenters. The molecule has 6 heteroatoms. The van der Waals surface area contributed by atoms with Gasteiger partial charge in [0.05, 0.1) is 4.92 Å². The Morgan fingerprint density at radius 1 is 1.44 bits per heavy atom. The summed E-state index contributed by atoms with van der Waals surface area (Å²) >= 11 is 0. The lowest BCUT2D eigenvalue weighted by Gasteiger charge is -2.25. The number of benzene rings is 1. The predicted octanol–water partition coefficient (Wildman–Crippen LogP) is 1.53. The van der Waals surface area contributed by atoms with Gasteiger partial charge in [-0.3, -0.25) is 10.1 Å². The van der Waals surface area contributed by atoms with Crippen LogP contribution in [0.4, 0.5) is 15.8 Å². The second-order valence-electron chi connectivity index (χ2n) is 4.86. The number of halogens is 1. The van der Waals surface area contributed by atoms with Crippen molar-refractivity contribution in [1.82, 2.24) is 5.32 Å². The third-order valence-corrected chi connectivity index (χ3v) is 3.89. The Kier molecular flexibility index (Phi) is 2.66. The monoisotopic (exact) mass is 251 g/mol. The molecular weight excluding hydrogens is 237 g/mol. The van der Waals surface area contributed by atoms with E-state index in [0.29, 0.717) is 11.6 Å². The molecule has 2 fully saturated rings. The third kappa shape index (κ3) is 1.73.